The Morgan fingerprint density at radius 3 is 2.79 bits per heavy atom. The van der Waals surface area contributed by atoms with Crippen LogP contribution in [0.15, 0.2) is 33.1 Å². The predicted molar refractivity (Wildman–Crippen MR) is 80.0 cm³/mol. The Morgan fingerprint density at radius 1 is 1.42 bits per heavy atom. The molecule has 0 spiro atoms. The summed E-state index contributed by atoms with van der Waals surface area (Å²) in [7, 11) is 0. The van der Waals surface area contributed by atoms with Gasteiger partial charge in [0.15, 0.2) is 10.9 Å². The molecule has 0 aliphatic rings. The number of nitrogens with zero attached hydrogens (tertiary/aromatic N) is 2. The van der Waals surface area contributed by atoms with Crippen LogP contribution in [0.3, 0.4) is 0 Å². The summed E-state index contributed by atoms with van der Waals surface area (Å²) in [5, 5.41) is 10.9. The topological polar surface area (TPSA) is 64.1 Å². The van der Waals surface area contributed by atoms with Gasteiger partial charge in [-0.25, -0.2) is 0 Å². The molecule has 0 fully saturated rings. The molecule has 0 atom stereocenters. The molecule has 19 heavy (non-hydrogen) atoms. The van der Waals surface area contributed by atoms with Gasteiger partial charge in [0.25, 0.3) is 5.91 Å². The lowest BCUT2D eigenvalue weighted by molar-refractivity contribution is -0.118. The SMILES string of the molecule is CSc1nnc(NC(=O)COc2ccc(Br)cc2)s1. The summed E-state index contributed by atoms with van der Waals surface area (Å²) in [4.78, 5) is 11.6. The van der Waals surface area contributed by atoms with Crippen LogP contribution >= 0.6 is 39.0 Å². The van der Waals surface area contributed by atoms with Gasteiger partial charge in [0.2, 0.25) is 5.13 Å². The van der Waals surface area contributed by atoms with E-state index in [9.17, 15) is 4.79 Å². The quantitative estimate of drug-likeness (QED) is 0.656. The van der Waals surface area contributed by atoms with Crippen molar-refractivity contribution in [1.82, 2.24) is 10.2 Å². The number of hydrogen-bond acceptors (Lipinski definition) is 6. The van der Waals surface area contributed by atoms with Crippen molar-refractivity contribution in [1.29, 1.82) is 0 Å². The zero-order chi connectivity index (χ0) is 13.7. The summed E-state index contributed by atoms with van der Waals surface area (Å²) in [6.45, 7) is -0.0597. The number of carbonyl (C=O) groups excluding carboxylic acids is 1. The number of hydrogen-bond donors (Lipinski definition) is 1. The van der Waals surface area contributed by atoms with Gasteiger partial charge in [-0.05, 0) is 30.5 Å². The van der Waals surface area contributed by atoms with Gasteiger partial charge >= 0.3 is 0 Å². The predicted octanol–water partition coefficient (Wildman–Crippen LogP) is 3.04. The number of anilines is 1. The smallest absolute Gasteiger partial charge is 0.264 e. The average Bonchev–Trinajstić information content (AvgIpc) is 2.86. The third kappa shape index (κ3) is 4.48. The molecule has 8 heteroatoms. The van der Waals surface area contributed by atoms with Crippen LogP contribution in [0.4, 0.5) is 5.13 Å². The van der Waals surface area contributed by atoms with Gasteiger partial charge in [-0.3, -0.25) is 10.1 Å². The molecule has 2 rings (SSSR count). The highest BCUT2D eigenvalue weighted by Crippen LogP contribution is 2.23. The highest BCUT2D eigenvalue weighted by molar-refractivity contribution is 9.10. The van der Waals surface area contributed by atoms with Gasteiger partial charge in [0, 0.05) is 4.47 Å². The van der Waals surface area contributed by atoms with Gasteiger partial charge in [0.1, 0.15) is 5.75 Å². The summed E-state index contributed by atoms with van der Waals surface area (Å²) in [5.41, 5.74) is 0. The standard InChI is InChI=1S/C11H10BrN3O2S2/c1-18-11-15-14-10(19-11)13-9(16)6-17-8-4-2-7(12)3-5-8/h2-5H,6H2,1H3,(H,13,14,16). The molecule has 100 valence electrons. The largest absolute Gasteiger partial charge is 0.484 e. The van der Waals surface area contributed by atoms with E-state index in [1.165, 1.54) is 23.1 Å². The summed E-state index contributed by atoms with van der Waals surface area (Å²) >= 11 is 6.15. The van der Waals surface area contributed by atoms with Gasteiger partial charge in [-0.15, -0.1) is 10.2 Å². The summed E-state index contributed by atoms with van der Waals surface area (Å²) in [5.74, 6) is 0.382. The van der Waals surface area contributed by atoms with E-state index in [1.54, 1.807) is 12.1 Å². The number of amides is 1. The lowest BCUT2D eigenvalue weighted by Crippen LogP contribution is -2.20. The molecule has 1 heterocycles. The molecule has 0 radical (unpaired) electrons. The number of rotatable bonds is 5. The molecule has 1 N–H and O–H groups in total. The lowest BCUT2D eigenvalue weighted by atomic mass is 10.3. The second-order valence-electron chi connectivity index (χ2n) is 3.37. The number of thioether (sulfide) groups is 1. The summed E-state index contributed by atoms with van der Waals surface area (Å²) in [6.07, 6.45) is 1.91. The summed E-state index contributed by atoms with van der Waals surface area (Å²) in [6, 6.07) is 7.27. The fourth-order valence-electron chi connectivity index (χ4n) is 1.18. The number of nitrogens with one attached hydrogen (secondary N) is 1. The maximum Gasteiger partial charge on any atom is 0.264 e. The minimum absolute atomic E-state index is 0.0597. The van der Waals surface area contributed by atoms with Crippen molar-refractivity contribution < 1.29 is 9.53 Å². The van der Waals surface area contributed by atoms with Crippen molar-refractivity contribution in [2.45, 2.75) is 4.34 Å². The van der Waals surface area contributed by atoms with E-state index in [1.807, 2.05) is 18.4 Å². The van der Waals surface area contributed by atoms with E-state index in [-0.39, 0.29) is 12.5 Å². The first kappa shape index (κ1) is 14.3. The third-order valence-electron chi connectivity index (χ3n) is 2.01. The molecule has 1 aromatic carbocycles. The Bertz CT molecular complexity index is 559. The normalized spacial score (nSPS) is 10.2. The van der Waals surface area contributed by atoms with E-state index in [4.69, 9.17) is 4.74 Å². The van der Waals surface area contributed by atoms with Gasteiger partial charge in [0.05, 0.1) is 0 Å². The molecule has 0 unspecified atom stereocenters. The molecule has 0 aliphatic carbocycles. The number of ether oxygens (including phenoxy) is 1. The van der Waals surface area contributed by atoms with Gasteiger partial charge < -0.3 is 4.74 Å². The first-order valence-corrected chi connectivity index (χ1v) is 8.06. The van der Waals surface area contributed by atoms with E-state index in [0.717, 1.165) is 8.81 Å². The van der Waals surface area contributed by atoms with Crippen LogP contribution in [0.25, 0.3) is 0 Å². The van der Waals surface area contributed by atoms with Crippen molar-refractivity contribution in [3.8, 4) is 5.75 Å². The van der Waals surface area contributed by atoms with Crippen LogP contribution in [0.1, 0.15) is 0 Å². The maximum atomic E-state index is 11.6. The van der Waals surface area contributed by atoms with Crippen LogP contribution in [-0.2, 0) is 4.79 Å². The van der Waals surface area contributed by atoms with Crippen LogP contribution in [0.2, 0.25) is 0 Å². The molecule has 0 saturated heterocycles. The van der Waals surface area contributed by atoms with Crippen LogP contribution in [0.5, 0.6) is 5.75 Å². The van der Waals surface area contributed by atoms with E-state index in [0.29, 0.717) is 10.9 Å². The number of benzene rings is 1. The Kier molecular flexibility index (Phi) is 5.17. The Labute approximate surface area is 126 Å². The van der Waals surface area contributed by atoms with Crippen molar-refractivity contribution in [2.75, 3.05) is 18.2 Å². The highest BCUT2D eigenvalue weighted by atomic mass is 79.9. The van der Waals surface area contributed by atoms with E-state index < -0.39 is 0 Å². The van der Waals surface area contributed by atoms with Crippen molar-refractivity contribution in [3.05, 3.63) is 28.7 Å². The maximum absolute atomic E-state index is 11.6. The molecular weight excluding hydrogens is 350 g/mol. The van der Waals surface area contributed by atoms with E-state index >= 15 is 0 Å². The second-order valence-corrected chi connectivity index (χ2v) is 6.31. The lowest BCUT2D eigenvalue weighted by Gasteiger charge is -2.05. The fourth-order valence-corrected chi connectivity index (χ4v) is 2.63. The second kappa shape index (κ2) is 6.88. The Morgan fingerprint density at radius 2 is 2.16 bits per heavy atom. The highest BCUT2D eigenvalue weighted by Gasteiger charge is 2.08. The molecule has 0 saturated carbocycles. The molecule has 2 aromatic rings. The number of halogens is 1. The fraction of sp³-hybridized carbons (Fsp3) is 0.182. The molecule has 0 aliphatic heterocycles. The molecular formula is C11H10BrN3O2S2. The third-order valence-corrected chi connectivity index (χ3v) is 4.35. The first-order valence-electron chi connectivity index (χ1n) is 5.23. The molecule has 1 amide bonds. The van der Waals surface area contributed by atoms with Gasteiger partial charge in [-0.2, -0.15) is 0 Å². The van der Waals surface area contributed by atoms with Crippen molar-refractivity contribution in [2.24, 2.45) is 0 Å². The number of aromatic nitrogens is 2. The van der Waals surface area contributed by atoms with Crippen LogP contribution in [-0.4, -0.2) is 29.0 Å². The van der Waals surface area contributed by atoms with Crippen LogP contribution < -0.4 is 10.1 Å². The van der Waals surface area contributed by atoms with Crippen molar-refractivity contribution >= 4 is 50.1 Å². The van der Waals surface area contributed by atoms with Crippen molar-refractivity contribution in [3.63, 3.8) is 0 Å². The summed E-state index contributed by atoms with van der Waals surface area (Å²) < 4.78 is 7.12. The Balaban J connectivity index is 1.82. The van der Waals surface area contributed by atoms with Crippen LogP contribution in [0, 0.1) is 0 Å². The number of carbonyl (C=O) groups is 1. The molecule has 5 nitrogen and oxygen atoms in total. The minimum atomic E-state index is -0.258. The first-order chi connectivity index (χ1) is 9.17. The minimum Gasteiger partial charge on any atom is -0.484 e. The zero-order valence-corrected chi connectivity index (χ0v) is 13.1. The molecule has 0 bridgehead atoms. The average molecular weight is 360 g/mol. The monoisotopic (exact) mass is 359 g/mol. The zero-order valence-electron chi connectivity index (χ0n) is 9.92. The van der Waals surface area contributed by atoms with Gasteiger partial charge in [-0.1, -0.05) is 39.0 Å². The Hall–Kier alpha value is -1.12. The van der Waals surface area contributed by atoms with E-state index in [2.05, 4.69) is 31.4 Å². The molecule has 1 aromatic heterocycles.